The van der Waals surface area contributed by atoms with E-state index in [1.807, 2.05) is 60.1 Å². The van der Waals surface area contributed by atoms with Crippen LogP contribution in [0.5, 0.6) is 5.75 Å². The standard InChI is InChI=1S/C29H29N5O2/c1-21(17-31-29(35)27-20-34-15-4-3-7-28(34)32-27)36-25-11-8-22(9-12-25)18-33(2)19-23-10-13-26-24(16-23)6-5-14-30-26/h3-16,20-21H,17-19H2,1-2H3,(H,31,35)/t21-/m0/s1. The van der Waals surface area contributed by atoms with E-state index in [0.29, 0.717) is 12.2 Å². The molecule has 0 radical (unpaired) electrons. The van der Waals surface area contributed by atoms with Gasteiger partial charge < -0.3 is 14.5 Å². The molecular formula is C29H29N5O2. The molecule has 36 heavy (non-hydrogen) atoms. The summed E-state index contributed by atoms with van der Waals surface area (Å²) in [7, 11) is 2.12. The van der Waals surface area contributed by atoms with E-state index in [2.05, 4.69) is 63.6 Å². The van der Waals surface area contributed by atoms with Gasteiger partial charge in [0.15, 0.2) is 0 Å². The Kier molecular flexibility index (Phi) is 6.91. The number of nitrogens with zero attached hydrogens (tertiary/aromatic N) is 4. The second-order valence-corrected chi connectivity index (χ2v) is 9.08. The highest BCUT2D eigenvalue weighted by Gasteiger charge is 2.13. The first-order chi connectivity index (χ1) is 17.5. The van der Waals surface area contributed by atoms with Crippen molar-refractivity contribution in [2.45, 2.75) is 26.1 Å². The third-order valence-corrected chi connectivity index (χ3v) is 5.98. The molecule has 1 N–H and O–H groups in total. The number of benzene rings is 2. The molecule has 0 aliphatic heterocycles. The van der Waals surface area contributed by atoms with Crippen LogP contribution in [0, 0.1) is 0 Å². The monoisotopic (exact) mass is 479 g/mol. The van der Waals surface area contributed by atoms with Gasteiger partial charge >= 0.3 is 0 Å². The summed E-state index contributed by atoms with van der Waals surface area (Å²) in [5, 5.41) is 4.06. The van der Waals surface area contributed by atoms with E-state index in [1.54, 1.807) is 6.20 Å². The molecule has 3 aromatic heterocycles. The van der Waals surface area contributed by atoms with E-state index in [1.165, 1.54) is 11.1 Å². The Morgan fingerprint density at radius 3 is 2.67 bits per heavy atom. The zero-order valence-corrected chi connectivity index (χ0v) is 20.5. The topological polar surface area (TPSA) is 71.8 Å². The first kappa shape index (κ1) is 23.5. The SMILES string of the molecule is C[C@@H](CNC(=O)c1cn2ccccc2n1)Oc1ccc(CN(C)Cc2ccc3ncccc3c2)cc1. The minimum absolute atomic E-state index is 0.179. The minimum Gasteiger partial charge on any atom is -0.489 e. The maximum absolute atomic E-state index is 12.5. The second-order valence-electron chi connectivity index (χ2n) is 9.08. The van der Waals surface area contributed by atoms with Crippen molar-refractivity contribution in [3.05, 3.63) is 108 Å². The molecule has 0 spiro atoms. The van der Waals surface area contributed by atoms with Crippen LogP contribution in [0.4, 0.5) is 0 Å². The molecule has 3 heterocycles. The smallest absolute Gasteiger partial charge is 0.271 e. The van der Waals surface area contributed by atoms with E-state index in [4.69, 9.17) is 4.74 Å². The number of imidazole rings is 1. The Morgan fingerprint density at radius 1 is 1.03 bits per heavy atom. The lowest BCUT2D eigenvalue weighted by atomic mass is 10.1. The van der Waals surface area contributed by atoms with Crippen molar-refractivity contribution in [2.24, 2.45) is 0 Å². The average Bonchev–Trinajstić information content (AvgIpc) is 3.33. The summed E-state index contributed by atoms with van der Waals surface area (Å²) in [5.74, 6) is 0.563. The third-order valence-electron chi connectivity index (χ3n) is 5.98. The van der Waals surface area contributed by atoms with Gasteiger partial charge in [0.1, 0.15) is 23.2 Å². The fourth-order valence-electron chi connectivity index (χ4n) is 4.22. The van der Waals surface area contributed by atoms with Crippen molar-refractivity contribution in [3.63, 3.8) is 0 Å². The van der Waals surface area contributed by atoms with Crippen LogP contribution in [-0.4, -0.2) is 44.9 Å². The maximum Gasteiger partial charge on any atom is 0.271 e. The van der Waals surface area contributed by atoms with Crippen molar-refractivity contribution in [1.82, 2.24) is 24.6 Å². The highest BCUT2D eigenvalue weighted by atomic mass is 16.5. The number of pyridine rings is 2. The van der Waals surface area contributed by atoms with Gasteiger partial charge in [0.2, 0.25) is 0 Å². The Hall–Kier alpha value is -4.23. The number of carbonyl (C=O) groups excluding carboxylic acids is 1. The number of ether oxygens (including phenoxy) is 1. The van der Waals surface area contributed by atoms with E-state index in [9.17, 15) is 4.79 Å². The van der Waals surface area contributed by atoms with Gasteiger partial charge in [-0.25, -0.2) is 4.98 Å². The molecule has 1 atom stereocenters. The maximum atomic E-state index is 12.5. The Balaban J connectivity index is 1.10. The summed E-state index contributed by atoms with van der Waals surface area (Å²) in [6.45, 7) is 4.01. The molecule has 2 aromatic carbocycles. The lowest BCUT2D eigenvalue weighted by Gasteiger charge is -2.18. The van der Waals surface area contributed by atoms with Crippen LogP contribution < -0.4 is 10.1 Å². The number of hydrogen-bond donors (Lipinski definition) is 1. The van der Waals surface area contributed by atoms with Crippen LogP contribution in [0.3, 0.4) is 0 Å². The fraction of sp³-hybridized carbons (Fsp3) is 0.207. The Bertz CT molecular complexity index is 1450. The van der Waals surface area contributed by atoms with Crippen molar-refractivity contribution in [3.8, 4) is 5.75 Å². The predicted molar refractivity (Wildman–Crippen MR) is 141 cm³/mol. The molecule has 0 fully saturated rings. The van der Waals surface area contributed by atoms with Crippen molar-refractivity contribution < 1.29 is 9.53 Å². The van der Waals surface area contributed by atoms with Gasteiger partial charge in [-0.3, -0.25) is 14.7 Å². The van der Waals surface area contributed by atoms with Gasteiger partial charge in [0.05, 0.1) is 12.1 Å². The van der Waals surface area contributed by atoms with Gasteiger partial charge in [-0.2, -0.15) is 0 Å². The van der Waals surface area contributed by atoms with Crippen LogP contribution in [0.2, 0.25) is 0 Å². The molecule has 7 nitrogen and oxygen atoms in total. The first-order valence-electron chi connectivity index (χ1n) is 12.0. The number of carbonyl (C=O) groups is 1. The number of amides is 1. The highest BCUT2D eigenvalue weighted by molar-refractivity contribution is 5.92. The normalized spacial score (nSPS) is 12.2. The van der Waals surface area contributed by atoms with E-state index in [0.717, 1.165) is 35.4 Å². The highest BCUT2D eigenvalue weighted by Crippen LogP contribution is 2.18. The zero-order chi connectivity index (χ0) is 24.9. The largest absolute Gasteiger partial charge is 0.489 e. The average molecular weight is 480 g/mol. The van der Waals surface area contributed by atoms with Crippen LogP contribution in [0.15, 0.2) is 91.4 Å². The Labute approximate surface area is 210 Å². The van der Waals surface area contributed by atoms with Crippen molar-refractivity contribution >= 4 is 22.5 Å². The van der Waals surface area contributed by atoms with Gasteiger partial charge in [-0.15, -0.1) is 0 Å². The molecule has 0 aliphatic rings. The molecule has 182 valence electrons. The number of hydrogen-bond acceptors (Lipinski definition) is 5. The summed E-state index contributed by atoms with van der Waals surface area (Å²) >= 11 is 0. The molecule has 0 saturated carbocycles. The van der Waals surface area contributed by atoms with Crippen molar-refractivity contribution in [2.75, 3.05) is 13.6 Å². The van der Waals surface area contributed by atoms with Crippen LogP contribution in [0.1, 0.15) is 28.5 Å². The van der Waals surface area contributed by atoms with Gasteiger partial charge in [0.25, 0.3) is 5.91 Å². The van der Waals surface area contributed by atoms with Crippen LogP contribution in [-0.2, 0) is 13.1 Å². The summed E-state index contributed by atoms with van der Waals surface area (Å²) < 4.78 is 7.82. The van der Waals surface area contributed by atoms with Crippen molar-refractivity contribution in [1.29, 1.82) is 0 Å². The summed E-state index contributed by atoms with van der Waals surface area (Å²) in [6, 6.07) is 24.3. The molecule has 0 saturated heterocycles. The predicted octanol–water partition coefficient (Wildman–Crippen LogP) is 4.71. The zero-order valence-electron chi connectivity index (χ0n) is 20.5. The minimum atomic E-state index is -0.213. The van der Waals surface area contributed by atoms with E-state index >= 15 is 0 Å². The van der Waals surface area contributed by atoms with Crippen LogP contribution in [0.25, 0.3) is 16.6 Å². The number of fused-ring (bicyclic) bond motifs is 2. The molecule has 5 aromatic rings. The number of nitrogens with one attached hydrogen (secondary N) is 1. The molecule has 1 amide bonds. The lowest BCUT2D eigenvalue weighted by Crippen LogP contribution is -2.33. The summed E-state index contributed by atoms with van der Waals surface area (Å²) in [4.78, 5) is 23.5. The first-order valence-corrected chi connectivity index (χ1v) is 12.0. The van der Waals surface area contributed by atoms with E-state index in [-0.39, 0.29) is 12.0 Å². The molecular weight excluding hydrogens is 450 g/mol. The molecule has 0 aliphatic carbocycles. The van der Waals surface area contributed by atoms with Gasteiger partial charge in [-0.05, 0) is 67.6 Å². The number of rotatable bonds is 9. The summed E-state index contributed by atoms with van der Waals surface area (Å²) in [5.41, 5.74) is 4.62. The number of aromatic nitrogens is 3. The lowest BCUT2D eigenvalue weighted by molar-refractivity contribution is 0.0928. The third kappa shape index (κ3) is 5.70. The Morgan fingerprint density at radius 2 is 1.83 bits per heavy atom. The molecule has 7 heteroatoms. The van der Waals surface area contributed by atoms with Gasteiger partial charge in [-0.1, -0.05) is 30.3 Å². The quantitative estimate of drug-likeness (QED) is 0.331. The molecule has 0 unspecified atom stereocenters. The molecule has 0 bridgehead atoms. The van der Waals surface area contributed by atoms with Crippen LogP contribution >= 0.6 is 0 Å². The fourth-order valence-corrected chi connectivity index (χ4v) is 4.22. The van der Waals surface area contributed by atoms with E-state index < -0.39 is 0 Å². The van der Waals surface area contributed by atoms with Gasteiger partial charge in [0, 0.05) is 37.1 Å². The summed E-state index contributed by atoms with van der Waals surface area (Å²) in [6.07, 6.45) is 5.24. The second kappa shape index (κ2) is 10.6. The molecule has 5 rings (SSSR count).